The molecule has 2 amide bonds. The third-order valence-electron chi connectivity index (χ3n) is 5.89. The van der Waals surface area contributed by atoms with Gasteiger partial charge in [0.2, 0.25) is 0 Å². The molecule has 4 rings (SSSR count). The second-order valence-electron chi connectivity index (χ2n) is 7.88. The van der Waals surface area contributed by atoms with E-state index in [4.69, 9.17) is 0 Å². The van der Waals surface area contributed by atoms with Crippen molar-refractivity contribution in [2.75, 3.05) is 26.2 Å². The predicted octanol–water partition coefficient (Wildman–Crippen LogP) is 2.83. The van der Waals surface area contributed by atoms with Crippen LogP contribution in [0.1, 0.15) is 70.3 Å². The predicted molar refractivity (Wildman–Crippen MR) is 109 cm³/mol. The van der Waals surface area contributed by atoms with Crippen molar-refractivity contribution >= 4 is 11.8 Å². The molecule has 152 valence electrons. The van der Waals surface area contributed by atoms with Crippen LogP contribution in [0.2, 0.25) is 0 Å². The molecule has 0 bridgehead atoms. The Balaban J connectivity index is 1.48. The summed E-state index contributed by atoms with van der Waals surface area (Å²) in [7, 11) is 0. The number of aryl methyl sites for hydroxylation is 1. The molecule has 29 heavy (non-hydrogen) atoms. The third-order valence-corrected chi connectivity index (χ3v) is 5.89. The minimum Gasteiger partial charge on any atom is -0.339 e. The summed E-state index contributed by atoms with van der Waals surface area (Å²) in [5.74, 6) is 0.913. The van der Waals surface area contributed by atoms with Crippen molar-refractivity contribution < 1.29 is 9.59 Å². The van der Waals surface area contributed by atoms with Gasteiger partial charge in [-0.15, -0.1) is 0 Å². The quantitative estimate of drug-likeness (QED) is 0.801. The Morgan fingerprint density at radius 3 is 2.38 bits per heavy atom. The van der Waals surface area contributed by atoms with E-state index in [0.29, 0.717) is 30.0 Å². The molecule has 2 fully saturated rings. The molecule has 2 saturated heterocycles. The number of hydrogen-bond donors (Lipinski definition) is 0. The first-order chi connectivity index (χ1) is 14.1. The zero-order valence-corrected chi connectivity index (χ0v) is 16.9. The van der Waals surface area contributed by atoms with E-state index in [1.54, 1.807) is 30.7 Å². The number of pyridine rings is 1. The Labute approximate surface area is 171 Å². The van der Waals surface area contributed by atoms with Crippen LogP contribution in [0.3, 0.4) is 0 Å². The van der Waals surface area contributed by atoms with Gasteiger partial charge in [0.25, 0.3) is 11.8 Å². The van der Waals surface area contributed by atoms with Crippen LogP contribution in [0.15, 0.2) is 30.7 Å². The van der Waals surface area contributed by atoms with Crippen molar-refractivity contribution in [1.29, 1.82) is 0 Å². The number of carbonyl (C=O) groups is 2. The summed E-state index contributed by atoms with van der Waals surface area (Å²) >= 11 is 0. The van der Waals surface area contributed by atoms with Crippen molar-refractivity contribution in [1.82, 2.24) is 24.8 Å². The van der Waals surface area contributed by atoms with Crippen molar-refractivity contribution in [3.63, 3.8) is 0 Å². The van der Waals surface area contributed by atoms with Gasteiger partial charge in [-0.2, -0.15) is 0 Å². The number of rotatable bonds is 3. The fraction of sp³-hybridized carbons (Fsp3) is 0.500. The Hall–Kier alpha value is -2.83. The first-order valence-corrected chi connectivity index (χ1v) is 10.5. The smallest absolute Gasteiger partial charge is 0.257 e. The number of likely N-dealkylation sites (tertiary alicyclic amines) is 2. The van der Waals surface area contributed by atoms with Crippen LogP contribution < -0.4 is 0 Å². The number of aromatic nitrogens is 3. The number of amides is 2. The monoisotopic (exact) mass is 393 g/mol. The fourth-order valence-corrected chi connectivity index (χ4v) is 4.26. The summed E-state index contributed by atoms with van der Waals surface area (Å²) in [6, 6.07) is 3.58. The molecular formula is C22H27N5O2. The lowest BCUT2D eigenvalue weighted by atomic mass is 9.90. The van der Waals surface area contributed by atoms with Gasteiger partial charge in [0.1, 0.15) is 5.82 Å². The first-order valence-electron chi connectivity index (χ1n) is 10.5. The van der Waals surface area contributed by atoms with Gasteiger partial charge in [-0.1, -0.05) is 0 Å². The molecule has 0 saturated carbocycles. The highest BCUT2D eigenvalue weighted by atomic mass is 16.2. The van der Waals surface area contributed by atoms with Gasteiger partial charge in [-0.25, -0.2) is 9.97 Å². The molecule has 2 aromatic rings. The summed E-state index contributed by atoms with van der Waals surface area (Å²) in [6.07, 6.45) is 9.86. The normalized spacial score (nSPS) is 18.0. The Kier molecular flexibility index (Phi) is 5.83. The van der Waals surface area contributed by atoms with Crippen molar-refractivity contribution in [2.45, 2.75) is 44.9 Å². The second kappa shape index (κ2) is 8.68. The first kappa shape index (κ1) is 19.5. The van der Waals surface area contributed by atoms with E-state index < -0.39 is 0 Å². The molecule has 0 unspecified atom stereocenters. The molecule has 0 radical (unpaired) electrons. The summed E-state index contributed by atoms with van der Waals surface area (Å²) in [5.41, 5.74) is 2.10. The van der Waals surface area contributed by atoms with Gasteiger partial charge >= 0.3 is 0 Å². The molecule has 0 N–H and O–H groups in total. The van der Waals surface area contributed by atoms with Gasteiger partial charge in [0.05, 0.1) is 16.8 Å². The molecule has 0 aromatic carbocycles. The molecule has 0 spiro atoms. The maximum absolute atomic E-state index is 13.1. The topological polar surface area (TPSA) is 79.3 Å². The zero-order chi connectivity index (χ0) is 20.2. The van der Waals surface area contributed by atoms with Gasteiger partial charge < -0.3 is 9.80 Å². The average Bonchev–Trinajstić information content (AvgIpc) is 2.79. The largest absolute Gasteiger partial charge is 0.339 e. The SMILES string of the molecule is Cc1ncc(C(=O)N2CCCCC2)c(C2CCN(C(=O)c3cccnc3)CC2)n1. The molecule has 2 aliphatic heterocycles. The minimum absolute atomic E-state index is 0.0139. The van der Waals surface area contributed by atoms with Crippen molar-refractivity contribution in [2.24, 2.45) is 0 Å². The lowest BCUT2D eigenvalue weighted by molar-refractivity contribution is 0.0695. The Morgan fingerprint density at radius 1 is 0.966 bits per heavy atom. The van der Waals surface area contributed by atoms with Crippen LogP contribution in [0.25, 0.3) is 0 Å². The molecule has 7 heteroatoms. The Morgan fingerprint density at radius 2 is 1.69 bits per heavy atom. The molecule has 0 atom stereocenters. The van der Waals surface area contributed by atoms with Crippen molar-refractivity contribution in [3.8, 4) is 0 Å². The lowest BCUT2D eigenvalue weighted by Gasteiger charge is -2.33. The number of hydrogen-bond acceptors (Lipinski definition) is 5. The third kappa shape index (κ3) is 4.28. The lowest BCUT2D eigenvalue weighted by Crippen LogP contribution is -2.39. The van der Waals surface area contributed by atoms with E-state index in [2.05, 4.69) is 15.0 Å². The van der Waals surface area contributed by atoms with Crippen LogP contribution in [0, 0.1) is 6.92 Å². The summed E-state index contributed by atoms with van der Waals surface area (Å²) in [4.78, 5) is 42.6. The standard InChI is InChI=1S/C22H27N5O2/c1-16-24-15-19(22(29)26-10-3-2-4-11-26)20(25-16)17-7-12-27(13-8-17)21(28)18-6-5-9-23-14-18/h5-6,9,14-15,17H,2-4,7-8,10-13H2,1H3. The molecule has 2 aliphatic rings. The number of piperidine rings is 2. The summed E-state index contributed by atoms with van der Waals surface area (Å²) in [5, 5.41) is 0. The minimum atomic E-state index is 0.0139. The van der Waals surface area contributed by atoms with Crippen LogP contribution in [-0.2, 0) is 0 Å². The molecular weight excluding hydrogens is 366 g/mol. The maximum atomic E-state index is 13.1. The van der Waals surface area contributed by atoms with Gasteiger partial charge in [0, 0.05) is 50.7 Å². The van der Waals surface area contributed by atoms with Crippen LogP contribution in [-0.4, -0.2) is 62.7 Å². The fourth-order valence-electron chi connectivity index (χ4n) is 4.26. The summed E-state index contributed by atoms with van der Waals surface area (Å²) in [6.45, 7) is 4.78. The maximum Gasteiger partial charge on any atom is 0.257 e. The molecule has 2 aromatic heterocycles. The van der Waals surface area contributed by atoms with Crippen LogP contribution >= 0.6 is 0 Å². The van der Waals surface area contributed by atoms with E-state index >= 15 is 0 Å². The Bertz CT molecular complexity index is 872. The second-order valence-corrected chi connectivity index (χ2v) is 7.88. The van der Waals surface area contributed by atoms with E-state index in [-0.39, 0.29) is 17.7 Å². The van der Waals surface area contributed by atoms with Gasteiger partial charge in [0.15, 0.2) is 0 Å². The highest BCUT2D eigenvalue weighted by Crippen LogP contribution is 2.30. The van der Waals surface area contributed by atoms with Crippen molar-refractivity contribution in [3.05, 3.63) is 53.4 Å². The zero-order valence-electron chi connectivity index (χ0n) is 16.9. The highest BCUT2D eigenvalue weighted by molar-refractivity contribution is 5.95. The number of nitrogens with zero attached hydrogens (tertiary/aromatic N) is 5. The molecule has 0 aliphatic carbocycles. The van der Waals surface area contributed by atoms with Crippen LogP contribution in [0.5, 0.6) is 0 Å². The highest BCUT2D eigenvalue weighted by Gasteiger charge is 2.30. The average molecular weight is 393 g/mol. The molecule has 4 heterocycles. The summed E-state index contributed by atoms with van der Waals surface area (Å²) < 4.78 is 0. The van der Waals surface area contributed by atoms with E-state index in [1.807, 2.05) is 16.7 Å². The van der Waals surface area contributed by atoms with E-state index in [1.165, 1.54) is 6.42 Å². The van der Waals surface area contributed by atoms with Crippen LogP contribution in [0.4, 0.5) is 0 Å². The number of carbonyl (C=O) groups excluding carboxylic acids is 2. The molecule has 7 nitrogen and oxygen atoms in total. The van der Waals surface area contributed by atoms with E-state index in [0.717, 1.165) is 44.5 Å². The van der Waals surface area contributed by atoms with E-state index in [9.17, 15) is 9.59 Å². The van der Waals surface area contributed by atoms with Gasteiger partial charge in [-0.05, 0) is 51.2 Å². The van der Waals surface area contributed by atoms with Gasteiger partial charge in [-0.3, -0.25) is 14.6 Å².